The number of anilines is 2. The largest absolute Gasteiger partial charge is 0.493 e. The summed E-state index contributed by atoms with van der Waals surface area (Å²) in [4.78, 5) is 28.4. The molecule has 2 atom stereocenters. The van der Waals surface area contributed by atoms with Gasteiger partial charge in [0.1, 0.15) is 18.2 Å². The molecule has 2 aromatic carbocycles. The quantitative estimate of drug-likeness (QED) is 0.464. The second-order valence-electron chi connectivity index (χ2n) is 10.4. The standard InChI is InChI=1S/C28H34ClFN6O3/c1-34-10-8-17(9-11-34)36(3)28(37)23-12-18(15-35(23)2)39-25-13-19-22(14-24(25)38-4)31-16-32-27(19)33-21-7-5-6-20(29)26(21)30/h5-7,13-14,16-18,23H,8-12,15H2,1-4H3,(H,31,32,33)/t18-,23+/m0/s1. The van der Waals surface area contributed by atoms with Crippen LogP contribution >= 0.6 is 11.6 Å². The highest BCUT2D eigenvalue weighted by Crippen LogP contribution is 2.37. The van der Waals surface area contributed by atoms with Gasteiger partial charge in [-0.15, -0.1) is 0 Å². The molecule has 1 amide bonds. The monoisotopic (exact) mass is 556 g/mol. The van der Waals surface area contributed by atoms with Crippen LogP contribution in [0.5, 0.6) is 11.5 Å². The van der Waals surface area contributed by atoms with Crippen molar-refractivity contribution < 1.29 is 18.7 Å². The molecule has 208 valence electrons. The van der Waals surface area contributed by atoms with Crippen LogP contribution in [0.2, 0.25) is 5.02 Å². The van der Waals surface area contributed by atoms with Crippen LogP contribution in [0.3, 0.4) is 0 Å². The number of hydrogen-bond donors (Lipinski definition) is 1. The molecule has 2 saturated heterocycles. The average molecular weight is 557 g/mol. The van der Waals surface area contributed by atoms with Crippen LogP contribution in [0.25, 0.3) is 10.9 Å². The van der Waals surface area contributed by atoms with Crippen LogP contribution < -0.4 is 14.8 Å². The maximum Gasteiger partial charge on any atom is 0.240 e. The molecule has 0 radical (unpaired) electrons. The van der Waals surface area contributed by atoms with E-state index in [1.165, 1.54) is 12.4 Å². The smallest absolute Gasteiger partial charge is 0.240 e. The first kappa shape index (κ1) is 27.4. The molecular formula is C28H34ClFN6O3. The second-order valence-corrected chi connectivity index (χ2v) is 10.8. The highest BCUT2D eigenvalue weighted by Gasteiger charge is 2.39. The SMILES string of the molecule is COc1cc2ncnc(Nc3cccc(Cl)c3F)c2cc1O[C@H]1C[C@H](C(=O)N(C)C2CCN(C)CC2)N(C)C1. The maximum atomic E-state index is 14.6. The first-order valence-corrected chi connectivity index (χ1v) is 13.5. The van der Waals surface area contributed by atoms with Crippen molar-refractivity contribution in [3.8, 4) is 11.5 Å². The van der Waals surface area contributed by atoms with Crippen molar-refractivity contribution in [2.45, 2.75) is 37.5 Å². The minimum Gasteiger partial charge on any atom is -0.493 e. The number of carbonyl (C=O) groups excluding carboxylic acids is 1. The number of ether oxygens (including phenoxy) is 2. The summed E-state index contributed by atoms with van der Waals surface area (Å²) in [6.07, 6.45) is 3.72. The Hall–Kier alpha value is -3.21. The molecule has 0 bridgehead atoms. The molecule has 2 fully saturated rings. The Bertz CT molecular complexity index is 1350. The highest BCUT2D eigenvalue weighted by atomic mass is 35.5. The van der Waals surface area contributed by atoms with Crippen molar-refractivity contribution in [1.29, 1.82) is 0 Å². The van der Waals surface area contributed by atoms with E-state index in [2.05, 4.69) is 32.1 Å². The Morgan fingerprint density at radius 1 is 1.18 bits per heavy atom. The summed E-state index contributed by atoms with van der Waals surface area (Å²) in [6, 6.07) is 8.30. The molecule has 0 unspecified atom stereocenters. The molecule has 2 aliphatic rings. The van der Waals surface area contributed by atoms with Crippen molar-refractivity contribution in [2.24, 2.45) is 0 Å². The van der Waals surface area contributed by atoms with E-state index < -0.39 is 5.82 Å². The number of halogens is 2. The summed E-state index contributed by atoms with van der Waals surface area (Å²) in [5, 5.41) is 3.67. The minimum absolute atomic E-state index is 0.0139. The van der Waals surface area contributed by atoms with Gasteiger partial charge in [0.15, 0.2) is 17.3 Å². The van der Waals surface area contributed by atoms with Crippen molar-refractivity contribution in [3.63, 3.8) is 0 Å². The third-order valence-corrected chi connectivity index (χ3v) is 8.09. The van der Waals surface area contributed by atoms with E-state index in [0.29, 0.717) is 41.2 Å². The predicted octanol–water partition coefficient (Wildman–Crippen LogP) is 4.18. The molecule has 3 heterocycles. The van der Waals surface area contributed by atoms with Gasteiger partial charge in [-0.05, 0) is 58.2 Å². The lowest BCUT2D eigenvalue weighted by molar-refractivity contribution is -0.137. The van der Waals surface area contributed by atoms with Crippen LogP contribution in [-0.2, 0) is 4.79 Å². The van der Waals surface area contributed by atoms with Crippen LogP contribution in [0.15, 0.2) is 36.7 Å². The van der Waals surface area contributed by atoms with E-state index in [9.17, 15) is 9.18 Å². The number of amides is 1. The molecule has 2 aliphatic heterocycles. The molecule has 0 spiro atoms. The van der Waals surface area contributed by atoms with E-state index in [1.54, 1.807) is 31.4 Å². The van der Waals surface area contributed by atoms with E-state index in [4.69, 9.17) is 21.1 Å². The Morgan fingerprint density at radius 2 is 1.95 bits per heavy atom. The van der Waals surface area contributed by atoms with Crippen molar-refractivity contribution in [2.75, 3.05) is 53.2 Å². The molecule has 0 aliphatic carbocycles. The summed E-state index contributed by atoms with van der Waals surface area (Å²) >= 11 is 5.96. The van der Waals surface area contributed by atoms with Crippen LogP contribution in [0.1, 0.15) is 19.3 Å². The topological polar surface area (TPSA) is 83.1 Å². The number of piperidine rings is 1. The van der Waals surface area contributed by atoms with Gasteiger partial charge < -0.3 is 24.6 Å². The number of nitrogens with one attached hydrogen (secondary N) is 1. The lowest BCUT2D eigenvalue weighted by Gasteiger charge is -2.37. The molecule has 1 N–H and O–H groups in total. The van der Waals surface area contributed by atoms with Crippen LogP contribution in [0, 0.1) is 5.82 Å². The number of methoxy groups -OCH3 is 1. The van der Waals surface area contributed by atoms with Gasteiger partial charge in [0.25, 0.3) is 0 Å². The Morgan fingerprint density at radius 3 is 2.69 bits per heavy atom. The van der Waals surface area contributed by atoms with Gasteiger partial charge in [0, 0.05) is 37.5 Å². The normalized spacial score (nSPS) is 20.8. The van der Waals surface area contributed by atoms with Gasteiger partial charge in [-0.3, -0.25) is 9.69 Å². The Kier molecular flexibility index (Phi) is 8.06. The zero-order valence-electron chi connectivity index (χ0n) is 22.7. The van der Waals surface area contributed by atoms with Gasteiger partial charge in [0.05, 0.1) is 29.4 Å². The number of rotatable bonds is 7. The van der Waals surface area contributed by atoms with Gasteiger partial charge in [-0.25, -0.2) is 14.4 Å². The van der Waals surface area contributed by atoms with Crippen molar-refractivity contribution in [3.05, 3.63) is 47.5 Å². The number of aromatic nitrogens is 2. The molecular weight excluding hydrogens is 523 g/mol. The highest BCUT2D eigenvalue weighted by molar-refractivity contribution is 6.31. The maximum absolute atomic E-state index is 14.6. The fourth-order valence-corrected chi connectivity index (χ4v) is 5.62. The second kappa shape index (κ2) is 11.5. The third kappa shape index (κ3) is 5.73. The van der Waals surface area contributed by atoms with Gasteiger partial charge >= 0.3 is 0 Å². The van der Waals surface area contributed by atoms with Crippen LogP contribution in [-0.4, -0.2) is 96.6 Å². The molecule has 39 heavy (non-hydrogen) atoms. The fraction of sp³-hybridized carbons (Fsp3) is 0.464. The number of likely N-dealkylation sites (N-methyl/N-ethyl adjacent to an activating group) is 2. The molecule has 5 rings (SSSR count). The average Bonchev–Trinajstić information content (AvgIpc) is 3.30. The molecule has 11 heteroatoms. The zero-order valence-corrected chi connectivity index (χ0v) is 23.4. The number of hydrogen-bond acceptors (Lipinski definition) is 8. The summed E-state index contributed by atoms with van der Waals surface area (Å²) in [5.74, 6) is 0.995. The first-order valence-electron chi connectivity index (χ1n) is 13.1. The van der Waals surface area contributed by atoms with Crippen LogP contribution in [0.4, 0.5) is 15.9 Å². The predicted molar refractivity (Wildman–Crippen MR) is 150 cm³/mol. The first-order chi connectivity index (χ1) is 18.7. The molecule has 3 aromatic rings. The molecule has 1 aromatic heterocycles. The fourth-order valence-electron chi connectivity index (χ4n) is 5.45. The number of likely N-dealkylation sites (tertiary alicyclic amines) is 2. The third-order valence-electron chi connectivity index (χ3n) is 7.80. The molecule has 9 nitrogen and oxygen atoms in total. The number of carbonyl (C=O) groups is 1. The van der Waals surface area contributed by atoms with E-state index in [1.807, 2.05) is 19.0 Å². The lowest BCUT2D eigenvalue weighted by atomic mass is 10.0. The lowest BCUT2D eigenvalue weighted by Crippen LogP contribution is -2.50. The van der Waals surface area contributed by atoms with E-state index in [0.717, 1.165) is 25.9 Å². The summed E-state index contributed by atoms with van der Waals surface area (Å²) in [6.45, 7) is 2.60. The van der Waals surface area contributed by atoms with E-state index in [-0.39, 0.29) is 34.8 Å². The Labute approximate surface area is 232 Å². The summed E-state index contributed by atoms with van der Waals surface area (Å²) in [5.41, 5.74) is 0.809. The van der Waals surface area contributed by atoms with Gasteiger partial charge in [-0.2, -0.15) is 0 Å². The number of fused-ring (bicyclic) bond motifs is 1. The number of benzene rings is 2. The summed E-state index contributed by atoms with van der Waals surface area (Å²) in [7, 11) is 7.57. The minimum atomic E-state index is -0.564. The summed E-state index contributed by atoms with van der Waals surface area (Å²) < 4.78 is 26.6. The van der Waals surface area contributed by atoms with Gasteiger partial charge in [-0.1, -0.05) is 17.7 Å². The molecule has 0 saturated carbocycles. The van der Waals surface area contributed by atoms with E-state index >= 15 is 0 Å². The van der Waals surface area contributed by atoms with Crippen molar-refractivity contribution >= 4 is 39.9 Å². The Balaban J connectivity index is 1.35. The van der Waals surface area contributed by atoms with Gasteiger partial charge in [0.2, 0.25) is 5.91 Å². The van der Waals surface area contributed by atoms with Crippen molar-refractivity contribution in [1.82, 2.24) is 24.7 Å². The zero-order chi connectivity index (χ0) is 27.7. The number of nitrogens with zero attached hydrogens (tertiary/aromatic N) is 5.